The van der Waals surface area contributed by atoms with E-state index in [9.17, 15) is 0 Å². The standard InChI is InChI=1S/C8H15NO2/c1-7-10-6-8(11-7)3-2-4-9-5-8/h7,9H,2-6H2,1H3. The minimum atomic E-state index is -0.00472. The van der Waals surface area contributed by atoms with Gasteiger partial charge in [-0.2, -0.15) is 0 Å². The van der Waals surface area contributed by atoms with Gasteiger partial charge < -0.3 is 14.8 Å². The minimum absolute atomic E-state index is 0.00472. The highest BCUT2D eigenvalue weighted by atomic mass is 16.7. The molecule has 1 spiro atoms. The van der Waals surface area contributed by atoms with Crippen molar-refractivity contribution < 1.29 is 9.47 Å². The Morgan fingerprint density at radius 1 is 1.55 bits per heavy atom. The predicted molar refractivity (Wildman–Crippen MR) is 41.3 cm³/mol. The van der Waals surface area contributed by atoms with Gasteiger partial charge >= 0.3 is 0 Å². The van der Waals surface area contributed by atoms with Crippen molar-refractivity contribution in [2.75, 3.05) is 19.7 Å². The molecule has 2 fully saturated rings. The zero-order valence-electron chi connectivity index (χ0n) is 6.93. The summed E-state index contributed by atoms with van der Waals surface area (Å²) in [4.78, 5) is 0. The molecule has 2 rings (SSSR count). The van der Waals surface area contributed by atoms with Crippen LogP contribution in [-0.2, 0) is 9.47 Å². The third kappa shape index (κ3) is 1.41. The second-order valence-corrected chi connectivity index (χ2v) is 3.46. The highest BCUT2D eigenvalue weighted by molar-refractivity contribution is 4.89. The third-order valence-electron chi connectivity index (χ3n) is 2.43. The Kier molecular flexibility index (Phi) is 1.87. The summed E-state index contributed by atoms with van der Waals surface area (Å²) < 4.78 is 11.1. The van der Waals surface area contributed by atoms with Crippen LogP contribution in [0.5, 0.6) is 0 Å². The smallest absolute Gasteiger partial charge is 0.155 e. The zero-order valence-corrected chi connectivity index (χ0v) is 6.93. The Morgan fingerprint density at radius 3 is 3.00 bits per heavy atom. The van der Waals surface area contributed by atoms with Crippen LogP contribution in [0.15, 0.2) is 0 Å². The van der Waals surface area contributed by atoms with Gasteiger partial charge in [0.25, 0.3) is 0 Å². The fourth-order valence-corrected chi connectivity index (χ4v) is 1.85. The number of piperidine rings is 1. The molecule has 0 bridgehead atoms. The molecule has 0 aromatic heterocycles. The highest BCUT2D eigenvalue weighted by Crippen LogP contribution is 2.28. The normalized spacial score (nSPS) is 45.0. The molecule has 0 aromatic carbocycles. The average molecular weight is 157 g/mol. The molecule has 0 radical (unpaired) electrons. The van der Waals surface area contributed by atoms with Crippen molar-refractivity contribution in [1.29, 1.82) is 0 Å². The lowest BCUT2D eigenvalue weighted by molar-refractivity contribution is -0.0831. The summed E-state index contributed by atoms with van der Waals surface area (Å²) in [5.41, 5.74) is 0.0116. The van der Waals surface area contributed by atoms with Crippen molar-refractivity contribution in [1.82, 2.24) is 5.32 Å². The third-order valence-corrected chi connectivity index (χ3v) is 2.43. The Balaban J connectivity index is 1.98. The summed E-state index contributed by atoms with van der Waals surface area (Å²) in [5, 5.41) is 3.33. The van der Waals surface area contributed by atoms with Gasteiger partial charge in [0.1, 0.15) is 5.60 Å². The highest BCUT2D eigenvalue weighted by Gasteiger charge is 2.40. The van der Waals surface area contributed by atoms with Crippen LogP contribution < -0.4 is 5.32 Å². The summed E-state index contributed by atoms with van der Waals surface area (Å²) in [6, 6.07) is 0. The fourth-order valence-electron chi connectivity index (χ4n) is 1.85. The molecule has 0 aromatic rings. The van der Waals surface area contributed by atoms with Gasteiger partial charge in [-0.3, -0.25) is 0 Å². The number of hydrogen-bond donors (Lipinski definition) is 1. The minimum Gasteiger partial charge on any atom is -0.350 e. The van der Waals surface area contributed by atoms with Crippen LogP contribution in [0.4, 0.5) is 0 Å². The molecule has 2 aliphatic rings. The summed E-state index contributed by atoms with van der Waals surface area (Å²) >= 11 is 0. The van der Waals surface area contributed by atoms with E-state index in [2.05, 4.69) is 5.32 Å². The predicted octanol–water partition coefficient (Wildman–Crippen LogP) is 0.501. The van der Waals surface area contributed by atoms with Gasteiger partial charge in [-0.15, -0.1) is 0 Å². The molecule has 2 saturated heterocycles. The summed E-state index contributed by atoms with van der Waals surface area (Å²) in [6.07, 6.45) is 2.34. The second-order valence-electron chi connectivity index (χ2n) is 3.46. The van der Waals surface area contributed by atoms with E-state index in [1.54, 1.807) is 0 Å². The Bertz CT molecular complexity index is 138. The molecule has 0 amide bonds. The Morgan fingerprint density at radius 2 is 2.45 bits per heavy atom. The molecule has 3 nitrogen and oxygen atoms in total. The lowest BCUT2D eigenvalue weighted by atomic mass is 9.95. The van der Waals surface area contributed by atoms with Gasteiger partial charge in [0.2, 0.25) is 0 Å². The van der Waals surface area contributed by atoms with Crippen molar-refractivity contribution in [3.8, 4) is 0 Å². The van der Waals surface area contributed by atoms with Crippen LogP contribution in [0.1, 0.15) is 19.8 Å². The molecule has 2 heterocycles. The number of ether oxygens (including phenoxy) is 2. The van der Waals surface area contributed by atoms with Gasteiger partial charge in [0.05, 0.1) is 6.61 Å². The maximum absolute atomic E-state index is 5.70. The van der Waals surface area contributed by atoms with Crippen LogP contribution in [-0.4, -0.2) is 31.6 Å². The van der Waals surface area contributed by atoms with Crippen molar-refractivity contribution in [3.63, 3.8) is 0 Å². The number of rotatable bonds is 0. The molecule has 0 aliphatic carbocycles. The summed E-state index contributed by atoms with van der Waals surface area (Å²) in [7, 11) is 0. The SMILES string of the molecule is CC1OCC2(CCCNC2)O1. The summed E-state index contributed by atoms with van der Waals surface area (Å²) in [5.74, 6) is 0. The van der Waals surface area contributed by atoms with E-state index in [1.807, 2.05) is 6.92 Å². The molecule has 11 heavy (non-hydrogen) atoms. The van der Waals surface area contributed by atoms with Gasteiger partial charge in [0, 0.05) is 6.54 Å². The van der Waals surface area contributed by atoms with Gasteiger partial charge in [-0.25, -0.2) is 0 Å². The molecule has 2 atom stereocenters. The number of hydrogen-bond acceptors (Lipinski definition) is 3. The lowest BCUT2D eigenvalue weighted by Crippen LogP contribution is -2.47. The molecular formula is C8H15NO2. The van der Waals surface area contributed by atoms with E-state index < -0.39 is 0 Å². The van der Waals surface area contributed by atoms with E-state index in [4.69, 9.17) is 9.47 Å². The van der Waals surface area contributed by atoms with E-state index >= 15 is 0 Å². The molecule has 3 heteroatoms. The van der Waals surface area contributed by atoms with Crippen LogP contribution in [0.3, 0.4) is 0 Å². The van der Waals surface area contributed by atoms with Crippen molar-refractivity contribution >= 4 is 0 Å². The van der Waals surface area contributed by atoms with Crippen LogP contribution in [0, 0.1) is 0 Å². The van der Waals surface area contributed by atoms with Gasteiger partial charge in [-0.1, -0.05) is 0 Å². The van der Waals surface area contributed by atoms with E-state index in [1.165, 1.54) is 6.42 Å². The number of nitrogens with one attached hydrogen (secondary N) is 1. The first-order valence-corrected chi connectivity index (χ1v) is 4.31. The Hall–Kier alpha value is -0.120. The first kappa shape index (κ1) is 7.53. The maximum atomic E-state index is 5.70. The quantitative estimate of drug-likeness (QED) is 0.555. The van der Waals surface area contributed by atoms with Gasteiger partial charge in [0.15, 0.2) is 6.29 Å². The first-order valence-electron chi connectivity index (χ1n) is 4.31. The fraction of sp³-hybridized carbons (Fsp3) is 1.00. The summed E-state index contributed by atoms with van der Waals surface area (Å²) in [6.45, 7) is 4.81. The van der Waals surface area contributed by atoms with E-state index in [0.29, 0.717) is 0 Å². The van der Waals surface area contributed by atoms with E-state index in [-0.39, 0.29) is 11.9 Å². The van der Waals surface area contributed by atoms with Crippen LogP contribution in [0.2, 0.25) is 0 Å². The molecule has 0 saturated carbocycles. The Labute approximate surface area is 67.1 Å². The van der Waals surface area contributed by atoms with Crippen LogP contribution in [0.25, 0.3) is 0 Å². The molecule has 1 N–H and O–H groups in total. The van der Waals surface area contributed by atoms with E-state index in [0.717, 1.165) is 26.1 Å². The van der Waals surface area contributed by atoms with Gasteiger partial charge in [-0.05, 0) is 26.3 Å². The second kappa shape index (κ2) is 2.73. The average Bonchev–Trinajstić information content (AvgIpc) is 2.34. The molecule has 64 valence electrons. The largest absolute Gasteiger partial charge is 0.350 e. The van der Waals surface area contributed by atoms with Crippen molar-refractivity contribution in [2.45, 2.75) is 31.7 Å². The van der Waals surface area contributed by atoms with Crippen LogP contribution >= 0.6 is 0 Å². The monoisotopic (exact) mass is 157 g/mol. The molecule has 2 aliphatic heterocycles. The molecular weight excluding hydrogens is 142 g/mol. The van der Waals surface area contributed by atoms with Crippen molar-refractivity contribution in [2.24, 2.45) is 0 Å². The maximum Gasteiger partial charge on any atom is 0.155 e. The molecule has 2 unspecified atom stereocenters. The topological polar surface area (TPSA) is 30.5 Å². The first-order chi connectivity index (χ1) is 5.31. The lowest BCUT2D eigenvalue weighted by Gasteiger charge is -2.31. The van der Waals surface area contributed by atoms with Crippen molar-refractivity contribution in [3.05, 3.63) is 0 Å². The zero-order chi connectivity index (χ0) is 7.73.